The normalized spacial score (nSPS) is 25.0. The van der Waals surface area contributed by atoms with Crippen molar-refractivity contribution in [1.82, 2.24) is 0 Å². The number of hydrogen-bond donors (Lipinski definition) is 1. The van der Waals surface area contributed by atoms with Gasteiger partial charge in [0.25, 0.3) is 0 Å². The van der Waals surface area contributed by atoms with Gasteiger partial charge in [-0.1, -0.05) is 33.6 Å². The number of halogens is 2. The highest BCUT2D eigenvalue weighted by molar-refractivity contribution is 9.10. The summed E-state index contributed by atoms with van der Waals surface area (Å²) in [6.45, 7) is 0. The fraction of sp³-hybridized carbons (Fsp3) is 0.500. The smallest absolute Gasteiger partial charge is 0.0417 e. The van der Waals surface area contributed by atoms with Gasteiger partial charge < -0.3 is 5.73 Å². The Hall–Kier alpha value is -0.0500. The fourth-order valence-corrected chi connectivity index (χ4v) is 3.71. The predicted molar refractivity (Wildman–Crippen MR) is 66.2 cm³/mol. The first-order valence-electron chi connectivity index (χ1n) is 5.32. The maximum absolute atomic E-state index is 6.37. The summed E-state index contributed by atoms with van der Waals surface area (Å²) in [6, 6.07) is 6.07. The molecule has 1 nitrogen and oxygen atoms in total. The third-order valence-corrected chi connectivity index (χ3v) is 4.83. The summed E-state index contributed by atoms with van der Waals surface area (Å²) in [4.78, 5) is 0. The van der Waals surface area contributed by atoms with Crippen LogP contribution in [0.4, 0.5) is 0 Å². The van der Waals surface area contributed by atoms with Crippen LogP contribution in [-0.4, -0.2) is 5.54 Å². The number of benzene rings is 1. The zero-order chi connectivity index (χ0) is 10.7. The average molecular weight is 287 g/mol. The summed E-state index contributed by atoms with van der Waals surface area (Å²) in [5.41, 5.74) is 8.04. The molecule has 2 N–H and O–H groups in total. The quantitative estimate of drug-likeness (QED) is 0.883. The number of rotatable bonds is 2. The van der Waals surface area contributed by atoms with Crippen molar-refractivity contribution < 1.29 is 0 Å². The molecule has 0 atom stereocenters. The van der Waals surface area contributed by atoms with Gasteiger partial charge in [0, 0.05) is 20.4 Å². The number of nitrogens with two attached hydrogens (primary N) is 1. The van der Waals surface area contributed by atoms with Crippen LogP contribution in [0.5, 0.6) is 0 Å². The van der Waals surface area contributed by atoms with Crippen LogP contribution in [0.2, 0.25) is 5.02 Å². The lowest BCUT2D eigenvalue weighted by atomic mass is 9.86. The zero-order valence-corrected chi connectivity index (χ0v) is 10.7. The molecule has 1 aromatic rings. The largest absolute Gasteiger partial charge is 0.324 e. The van der Waals surface area contributed by atoms with Crippen molar-refractivity contribution in [3.63, 3.8) is 0 Å². The van der Waals surface area contributed by atoms with Gasteiger partial charge in [0.15, 0.2) is 0 Å². The Morgan fingerprint density at radius 2 is 1.87 bits per heavy atom. The molecule has 15 heavy (non-hydrogen) atoms. The van der Waals surface area contributed by atoms with Crippen molar-refractivity contribution in [3.8, 4) is 0 Å². The average Bonchev–Trinajstić information content (AvgIpc) is 3.01. The molecule has 3 rings (SSSR count). The van der Waals surface area contributed by atoms with Gasteiger partial charge >= 0.3 is 0 Å². The van der Waals surface area contributed by atoms with Crippen molar-refractivity contribution in [2.45, 2.75) is 36.6 Å². The molecule has 0 saturated heterocycles. The summed E-state index contributed by atoms with van der Waals surface area (Å²) in [7, 11) is 0. The predicted octanol–water partition coefficient (Wildman–Crippen LogP) is 3.63. The molecule has 0 bridgehead atoms. The highest BCUT2D eigenvalue weighted by Gasteiger charge is 2.64. The van der Waals surface area contributed by atoms with Gasteiger partial charge in [-0.05, 0) is 43.4 Å². The summed E-state index contributed by atoms with van der Waals surface area (Å²) >= 11 is 9.56. The van der Waals surface area contributed by atoms with E-state index in [1.165, 1.54) is 31.2 Å². The monoisotopic (exact) mass is 285 g/mol. The van der Waals surface area contributed by atoms with Crippen molar-refractivity contribution >= 4 is 27.5 Å². The number of hydrogen-bond acceptors (Lipinski definition) is 1. The van der Waals surface area contributed by atoms with Gasteiger partial charge in [0.05, 0.1) is 0 Å². The highest BCUT2D eigenvalue weighted by atomic mass is 79.9. The molecule has 0 radical (unpaired) electrons. The molecule has 0 amide bonds. The van der Waals surface area contributed by atoms with E-state index in [9.17, 15) is 0 Å². The van der Waals surface area contributed by atoms with Crippen molar-refractivity contribution in [3.05, 3.63) is 33.3 Å². The molecule has 2 fully saturated rings. The van der Waals surface area contributed by atoms with Crippen LogP contribution in [0.25, 0.3) is 0 Å². The Bertz CT molecular complexity index is 422. The van der Waals surface area contributed by atoms with Crippen LogP contribution in [-0.2, 0) is 5.41 Å². The van der Waals surface area contributed by atoms with Crippen LogP contribution < -0.4 is 5.73 Å². The van der Waals surface area contributed by atoms with E-state index in [1.807, 2.05) is 12.1 Å². The summed E-state index contributed by atoms with van der Waals surface area (Å²) in [5.74, 6) is 0. The first-order chi connectivity index (χ1) is 7.07. The molecule has 2 aliphatic carbocycles. The first kappa shape index (κ1) is 10.1. The Morgan fingerprint density at radius 1 is 1.20 bits per heavy atom. The van der Waals surface area contributed by atoms with Gasteiger partial charge in [-0.15, -0.1) is 0 Å². The molecule has 0 aliphatic heterocycles. The Labute approximate surface area is 103 Å². The maximum atomic E-state index is 6.37. The SMILES string of the molecule is NC1(C2(c3ccc(Cl)cc3Br)CC2)CC1. The van der Waals surface area contributed by atoms with Gasteiger partial charge in [0.2, 0.25) is 0 Å². The molecule has 2 aliphatic rings. The summed E-state index contributed by atoms with van der Waals surface area (Å²) < 4.78 is 1.12. The molecular weight excluding hydrogens is 273 g/mol. The molecule has 2 saturated carbocycles. The molecule has 0 unspecified atom stereocenters. The van der Waals surface area contributed by atoms with E-state index in [1.54, 1.807) is 0 Å². The second-order valence-electron chi connectivity index (χ2n) is 4.86. The van der Waals surface area contributed by atoms with Crippen LogP contribution in [0.15, 0.2) is 22.7 Å². The van der Waals surface area contributed by atoms with Crippen LogP contribution >= 0.6 is 27.5 Å². The van der Waals surface area contributed by atoms with E-state index in [0.717, 1.165) is 9.50 Å². The second-order valence-corrected chi connectivity index (χ2v) is 6.15. The molecule has 0 spiro atoms. The van der Waals surface area contributed by atoms with Gasteiger partial charge in [0.1, 0.15) is 0 Å². The minimum atomic E-state index is 0.0728. The van der Waals surface area contributed by atoms with Crippen molar-refractivity contribution in [2.75, 3.05) is 0 Å². The summed E-state index contributed by atoms with van der Waals surface area (Å²) in [6.07, 6.45) is 4.79. The van der Waals surface area contributed by atoms with E-state index in [0.29, 0.717) is 0 Å². The lowest BCUT2D eigenvalue weighted by Crippen LogP contribution is -2.37. The molecule has 0 heterocycles. The van der Waals surface area contributed by atoms with Gasteiger partial charge in [-0.25, -0.2) is 0 Å². The second kappa shape index (κ2) is 2.99. The van der Waals surface area contributed by atoms with Crippen LogP contribution in [0, 0.1) is 0 Å². The summed E-state index contributed by atoms with van der Waals surface area (Å²) in [5, 5.41) is 0.781. The first-order valence-corrected chi connectivity index (χ1v) is 6.49. The van der Waals surface area contributed by atoms with E-state index in [4.69, 9.17) is 17.3 Å². The molecular formula is C12H13BrClN. The molecule has 1 aromatic carbocycles. The third kappa shape index (κ3) is 1.38. The fourth-order valence-electron chi connectivity index (χ4n) is 2.65. The minimum Gasteiger partial charge on any atom is -0.324 e. The van der Waals surface area contributed by atoms with E-state index < -0.39 is 0 Å². The molecule has 0 aromatic heterocycles. The Kier molecular flexibility index (Phi) is 2.02. The van der Waals surface area contributed by atoms with E-state index in [-0.39, 0.29) is 11.0 Å². The van der Waals surface area contributed by atoms with Crippen molar-refractivity contribution in [2.24, 2.45) is 5.73 Å². The van der Waals surface area contributed by atoms with Crippen LogP contribution in [0.3, 0.4) is 0 Å². The molecule has 3 heteroatoms. The topological polar surface area (TPSA) is 26.0 Å². The highest BCUT2D eigenvalue weighted by Crippen LogP contribution is 2.64. The van der Waals surface area contributed by atoms with E-state index >= 15 is 0 Å². The maximum Gasteiger partial charge on any atom is 0.0417 e. The third-order valence-electron chi connectivity index (χ3n) is 3.94. The van der Waals surface area contributed by atoms with E-state index in [2.05, 4.69) is 22.0 Å². The Balaban J connectivity index is 2.06. The van der Waals surface area contributed by atoms with Gasteiger partial charge in [-0.3, -0.25) is 0 Å². The molecule has 80 valence electrons. The standard InChI is InChI=1S/C12H13BrClN/c13-10-7-8(14)1-2-9(10)11(3-4-11)12(15)5-6-12/h1-2,7H,3-6,15H2. The lowest BCUT2D eigenvalue weighted by molar-refractivity contribution is 0.501. The van der Waals surface area contributed by atoms with Gasteiger partial charge in [-0.2, -0.15) is 0 Å². The van der Waals surface area contributed by atoms with Crippen molar-refractivity contribution in [1.29, 1.82) is 0 Å². The lowest BCUT2D eigenvalue weighted by Gasteiger charge is -2.24. The zero-order valence-electron chi connectivity index (χ0n) is 8.39. The Morgan fingerprint density at radius 3 is 2.33 bits per heavy atom. The van der Waals surface area contributed by atoms with Crippen LogP contribution in [0.1, 0.15) is 31.2 Å². The minimum absolute atomic E-state index is 0.0728.